The lowest BCUT2D eigenvalue weighted by molar-refractivity contribution is 0.0957. The number of nitrogens with zero attached hydrogens (tertiary/aromatic N) is 4. The van der Waals surface area contributed by atoms with Crippen molar-refractivity contribution in [3.8, 4) is 5.75 Å². The number of carbonyl (C=O) groups is 1. The third kappa shape index (κ3) is 4.44. The van der Waals surface area contributed by atoms with Gasteiger partial charge in [0.2, 0.25) is 5.95 Å². The molecule has 1 aromatic rings. The van der Waals surface area contributed by atoms with E-state index in [0.29, 0.717) is 25.6 Å². The summed E-state index contributed by atoms with van der Waals surface area (Å²) in [5.74, 6) is 0.290. The molecule has 1 aromatic heterocycles. The number of aromatic hydroxyl groups is 1. The van der Waals surface area contributed by atoms with E-state index in [0.717, 1.165) is 12.8 Å². The molecule has 7 nitrogen and oxygen atoms in total. The molecule has 1 aliphatic heterocycles. The van der Waals surface area contributed by atoms with Gasteiger partial charge < -0.3 is 19.6 Å². The Balaban J connectivity index is 1.95. The Kier molecular flexibility index (Phi) is 5.74. The van der Waals surface area contributed by atoms with Gasteiger partial charge in [0.25, 0.3) is 0 Å². The predicted molar refractivity (Wildman–Crippen MR) is 78.6 cm³/mol. The largest absolute Gasteiger partial charge is 0.505 e. The molecule has 1 saturated heterocycles. The Labute approximate surface area is 128 Å². The van der Waals surface area contributed by atoms with Crippen LogP contribution in [0.2, 0.25) is 0 Å². The molecule has 1 atom stereocenters. The number of halogens is 1. The van der Waals surface area contributed by atoms with E-state index in [4.69, 9.17) is 4.74 Å². The van der Waals surface area contributed by atoms with Gasteiger partial charge in [-0.15, -0.1) is 0 Å². The molecular formula is C14H21FN4O3. The molecule has 1 amide bonds. The third-order valence-electron chi connectivity index (χ3n) is 3.37. The maximum absolute atomic E-state index is 14.1. The number of amides is 1. The van der Waals surface area contributed by atoms with Gasteiger partial charge in [0, 0.05) is 13.1 Å². The van der Waals surface area contributed by atoms with Crippen LogP contribution in [0.3, 0.4) is 0 Å². The molecule has 0 saturated carbocycles. The number of aromatic nitrogens is 2. The number of hydrogen-bond acceptors (Lipinski definition) is 6. The summed E-state index contributed by atoms with van der Waals surface area (Å²) in [4.78, 5) is 22.9. The molecule has 0 bridgehead atoms. The van der Waals surface area contributed by atoms with E-state index in [9.17, 15) is 14.3 Å². The SMILES string of the molecule is CCCCOC(=O)N1CCN(c2ncc(O)cn2)CC(F)C1. The molecule has 0 radical (unpaired) electrons. The molecule has 8 heteroatoms. The molecule has 0 aromatic carbocycles. The van der Waals surface area contributed by atoms with Crippen LogP contribution >= 0.6 is 0 Å². The van der Waals surface area contributed by atoms with E-state index in [-0.39, 0.29) is 18.8 Å². The standard InChI is InChI=1S/C14H21FN4O3/c1-2-3-6-22-14(21)19-5-4-18(9-11(15)10-19)13-16-7-12(20)8-17-13/h7-8,11,20H,2-6,9-10H2,1H3. The predicted octanol–water partition coefficient (Wildman–Crippen LogP) is 1.58. The molecule has 0 aliphatic carbocycles. The van der Waals surface area contributed by atoms with E-state index in [1.54, 1.807) is 4.90 Å². The van der Waals surface area contributed by atoms with Crippen LogP contribution < -0.4 is 4.90 Å². The van der Waals surface area contributed by atoms with Crippen molar-refractivity contribution in [3.05, 3.63) is 12.4 Å². The summed E-state index contributed by atoms with van der Waals surface area (Å²) in [6, 6.07) is 0. The van der Waals surface area contributed by atoms with Gasteiger partial charge in [-0.05, 0) is 6.42 Å². The lowest BCUT2D eigenvalue weighted by Crippen LogP contribution is -2.37. The second-order valence-corrected chi connectivity index (χ2v) is 5.20. The number of alkyl halides is 1. The first-order valence-corrected chi connectivity index (χ1v) is 7.42. The molecule has 22 heavy (non-hydrogen) atoms. The van der Waals surface area contributed by atoms with Crippen LogP contribution in [-0.2, 0) is 4.74 Å². The maximum Gasteiger partial charge on any atom is 0.409 e. The van der Waals surface area contributed by atoms with Gasteiger partial charge in [0.1, 0.15) is 6.17 Å². The topological polar surface area (TPSA) is 78.8 Å². The summed E-state index contributed by atoms with van der Waals surface area (Å²) in [5.41, 5.74) is 0. The Morgan fingerprint density at radius 3 is 2.82 bits per heavy atom. The van der Waals surface area contributed by atoms with Gasteiger partial charge >= 0.3 is 6.09 Å². The number of carbonyl (C=O) groups excluding carboxylic acids is 1. The lowest BCUT2D eigenvalue weighted by Gasteiger charge is -2.21. The molecule has 2 rings (SSSR count). The van der Waals surface area contributed by atoms with Gasteiger partial charge in [0.05, 0.1) is 32.1 Å². The van der Waals surface area contributed by atoms with Crippen LogP contribution in [-0.4, -0.2) is 65.0 Å². The van der Waals surface area contributed by atoms with Gasteiger partial charge in [-0.25, -0.2) is 19.2 Å². The normalized spacial score (nSPS) is 18.9. The molecule has 1 unspecified atom stereocenters. The highest BCUT2D eigenvalue weighted by molar-refractivity contribution is 5.67. The summed E-state index contributed by atoms with van der Waals surface area (Å²) in [5, 5.41) is 9.19. The van der Waals surface area contributed by atoms with Gasteiger partial charge in [-0.2, -0.15) is 0 Å². The molecule has 0 spiro atoms. The monoisotopic (exact) mass is 312 g/mol. The minimum atomic E-state index is -1.21. The van der Waals surface area contributed by atoms with Crippen molar-refractivity contribution in [2.75, 3.05) is 37.7 Å². The fourth-order valence-corrected chi connectivity index (χ4v) is 2.18. The number of ether oxygens (including phenoxy) is 1. The van der Waals surface area contributed by atoms with Crippen molar-refractivity contribution in [1.29, 1.82) is 0 Å². The summed E-state index contributed by atoms with van der Waals surface area (Å²) >= 11 is 0. The quantitative estimate of drug-likeness (QED) is 0.850. The summed E-state index contributed by atoms with van der Waals surface area (Å²) in [6.07, 6.45) is 2.56. The summed E-state index contributed by atoms with van der Waals surface area (Å²) in [7, 11) is 0. The molecular weight excluding hydrogens is 291 g/mol. The first kappa shape index (κ1) is 16.3. The van der Waals surface area contributed by atoms with Gasteiger partial charge in [0.15, 0.2) is 5.75 Å². The smallest absolute Gasteiger partial charge is 0.409 e. The highest BCUT2D eigenvalue weighted by atomic mass is 19.1. The van der Waals surface area contributed by atoms with Crippen LogP contribution in [0.25, 0.3) is 0 Å². The fourth-order valence-electron chi connectivity index (χ4n) is 2.18. The second kappa shape index (κ2) is 7.77. The first-order valence-electron chi connectivity index (χ1n) is 7.42. The number of hydrogen-bond donors (Lipinski definition) is 1. The summed E-state index contributed by atoms with van der Waals surface area (Å²) in [6.45, 7) is 3.22. The van der Waals surface area contributed by atoms with Crippen molar-refractivity contribution >= 4 is 12.0 Å². The minimum absolute atomic E-state index is 0.000454. The number of rotatable bonds is 4. The van der Waals surface area contributed by atoms with Crippen LogP contribution in [0.4, 0.5) is 15.1 Å². The third-order valence-corrected chi connectivity index (χ3v) is 3.37. The second-order valence-electron chi connectivity index (χ2n) is 5.20. The molecule has 1 fully saturated rings. The number of anilines is 1. The van der Waals surface area contributed by atoms with E-state index in [1.807, 2.05) is 6.92 Å². The zero-order chi connectivity index (χ0) is 15.9. The Bertz CT molecular complexity index is 485. The average molecular weight is 312 g/mol. The fraction of sp³-hybridized carbons (Fsp3) is 0.643. The average Bonchev–Trinajstić information content (AvgIpc) is 2.70. The van der Waals surface area contributed by atoms with Crippen molar-refractivity contribution in [1.82, 2.24) is 14.9 Å². The zero-order valence-corrected chi connectivity index (χ0v) is 12.6. The highest BCUT2D eigenvalue weighted by Gasteiger charge is 2.27. The maximum atomic E-state index is 14.1. The van der Waals surface area contributed by atoms with Crippen LogP contribution in [0.1, 0.15) is 19.8 Å². The molecule has 122 valence electrons. The Morgan fingerprint density at radius 1 is 1.41 bits per heavy atom. The van der Waals surface area contributed by atoms with E-state index in [2.05, 4.69) is 9.97 Å². The zero-order valence-electron chi connectivity index (χ0n) is 12.6. The van der Waals surface area contributed by atoms with Crippen LogP contribution in [0.15, 0.2) is 12.4 Å². The van der Waals surface area contributed by atoms with Crippen LogP contribution in [0, 0.1) is 0 Å². The Hall–Kier alpha value is -2.12. The molecule has 1 N–H and O–H groups in total. The Morgan fingerprint density at radius 2 is 2.14 bits per heavy atom. The lowest BCUT2D eigenvalue weighted by atomic mass is 10.3. The number of unbranched alkanes of at least 4 members (excludes halogenated alkanes) is 1. The van der Waals surface area contributed by atoms with E-state index < -0.39 is 12.3 Å². The molecule has 2 heterocycles. The highest BCUT2D eigenvalue weighted by Crippen LogP contribution is 2.15. The van der Waals surface area contributed by atoms with E-state index >= 15 is 0 Å². The molecule has 1 aliphatic rings. The van der Waals surface area contributed by atoms with Crippen molar-refractivity contribution in [3.63, 3.8) is 0 Å². The summed E-state index contributed by atoms with van der Waals surface area (Å²) < 4.78 is 19.2. The minimum Gasteiger partial charge on any atom is -0.505 e. The van der Waals surface area contributed by atoms with Gasteiger partial charge in [-0.3, -0.25) is 0 Å². The van der Waals surface area contributed by atoms with Crippen molar-refractivity contribution < 1.29 is 19.0 Å². The van der Waals surface area contributed by atoms with Gasteiger partial charge in [-0.1, -0.05) is 13.3 Å². The first-order chi connectivity index (χ1) is 10.6. The van der Waals surface area contributed by atoms with Crippen LogP contribution in [0.5, 0.6) is 5.75 Å². The van der Waals surface area contributed by atoms with Crippen molar-refractivity contribution in [2.24, 2.45) is 0 Å². The van der Waals surface area contributed by atoms with E-state index in [1.165, 1.54) is 17.3 Å². The van der Waals surface area contributed by atoms with Crippen molar-refractivity contribution in [2.45, 2.75) is 25.9 Å².